The van der Waals surface area contributed by atoms with E-state index in [-0.39, 0.29) is 41.3 Å². The molecule has 0 amide bonds. The first kappa shape index (κ1) is 22.8. The smallest absolute Gasteiger partial charge is 0.320 e. The van der Waals surface area contributed by atoms with E-state index in [0.717, 1.165) is 11.0 Å². The average molecular weight is 494 g/mol. The first-order valence-corrected chi connectivity index (χ1v) is 10.2. The summed E-state index contributed by atoms with van der Waals surface area (Å²) in [6, 6.07) is 4.56. The highest BCUT2D eigenvalue weighted by Crippen LogP contribution is 2.57. The van der Waals surface area contributed by atoms with Crippen molar-refractivity contribution >= 4 is 28.2 Å². The number of halogens is 7. The van der Waals surface area contributed by atoms with Gasteiger partial charge in [0.25, 0.3) is 12.2 Å². The number of rotatable bonds is 4. The van der Waals surface area contributed by atoms with Crippen molar-refractivity contribution in [2.24, 2.45) is 5.41 Å². The average Bonchev–Trinajstić information content (AvgIpc) is 3.48. The lowest BCUT2D eigenvalue weighted by atomic mass is 10.1. The molecule has 0 radical (unpaired) electrons. The summed E-state index contributed by atoms with van der Waals surface area (Å²) in [5, 5.41) is 7.04. The Morgan fingerprint density at radius 2 is 1.91 bits per heavy atom. The minimum Gasteiger partial charge on any atom is -0.320 e. The van der Waals surface area contributed by atoms with Crippen molar-refractivity contribution in [3.05, 3.63) is 54.1 Å². The number of alkyl halides is 5. The molecule has 0 aliphatic heterocycles. The Balaban J connectivity index is 1.67. The number of anilines is 2. The van der Waals surface area contributed by atoms with Crippen LogP contribution < -0.4 is 4.90 Å². The number of pyridine rings is 1. The van der Waals surface area contributed by atoms with Gasteiger partial charge < -0.3 is 4.90 Å². The summed E-state index contributed by atoms with van der Waals surface area (Å²) < 4.78 is 97.1. The van der Waals surface area contributed by atoms with Gasteiger partial charge in [-0.3, -0.25) is 4.40 Å². The number of hydrogen-bond donors (Lipinski definition) is 0. The zero-order valence-corrected chi connectivity index (χ0v) is 17.5. The molecule has 6 nitrogen and oxygen atoms in total. The fourth-order valence-electron chi connectivity index (χ4n) is 3.67. The molecule has 35 heavy (non-hydrogen) atoms. The van der Waals surface area contributed by atoms with Crippen LogP contribution in [0.1, 0.15) is 18.5 Å². The van der Waals surface area contributed by atoms with Crippen LogP contribution in [-0.2, 0) is 0 Å². The molecular weight excluding hydrogens is 481 g/mol. The first-order valence-electron chi connectivity index (χ1n) is 10.2. The third kappa shape index (κ3) is 3.98. The predicted octanol–water partition coefficient (Wildman–Crippen LogP) is 5.05. The second-order valence-corrected chi connectivity index (χ2v) is 7.92. The molecule has 180 valence electrons. The number of nitrogens with zero attached hydrogens (tertiary/aromatic N) is 6. The third-order valence-electron chi connectivity index (χ3n) is 5.65. The van der Waals surface area contributed by atoms with Crippen LogP contribution >= 0.6 is 0 Å². The molecule has 0 N–H and O–H groups in total. The first-order chi connectivity index (χ1) is 16.6. The number of hydrogen-bond acceptors (Lipinski definition) is 5. The molecule has 13 heteroatoms. The van der Waals surface area contributed by atoms with Crippen LogP contribution in [0.15, 0.2) is 36.8 Å². The van der Waals surface area contributed by atoms with Crippen molar-refractivity contribution in [2.45, 2.75) is 25.4 Å². The number of aromatic nitrogens is 5. The van der Waals surface area contributed by atoms with Gasteiger partial charge in [-0.1, -0.05) is 5.92 Å². The summed E-state index contributed by atoms with van der Waals surface area (Å²) in [5.74, 6) is 1.56. The van der Waals surface area contributed by atoms with Gasteiger partial charge in [-0.2, -0.15) is 18.2 Å². The van der Waals surface area contributed by atoms with E-state index in [1.165, 1.54) is 35.1 Å². The van der Waals surface area contributed by atoms with Gasteiger partial charge in [0.2, 0.25) is 0 Å². The lowest BCUT2D eigenvalue weighted by Gasteiger charge is -2.25. The van der Waals surface area contributed by atoms with Gasteiger partial charge in [0.1, 0.15) is 23.3 Å². The fraction of sp³-hybridized carbons (Fsp3) is 0.273. The van der Waals surface area contributed by atoms with Crippen molar-refractivity contribution in [3.63, 3.8) is 0 Å². The van der Waals surface area contributed by atoms with E-state index >= 15 is 0 Å². The molecule has 3 aromatic heterocycles. The molecule has 0 atom stereocenters. The largest absolute Gasteiger partial charge is 0.405 e. The highest BCUT2D eigenvalue weighted by molar-refractivity contribution is 5.94. The Hall–Kier alpha value is -3.95. The molecule has 1 saturated carbocycles. The molecule has 0 saturated heterocycles. The van der Waals surface area contributed by atoms with Crippen LogP contribution in [0.3, 0.4) is 0 Å². The second-order valence-electron chi connectivity index (χ2n) is 7.92. The minimum atomic E-state index is -4.50. The minimum absolute atomic E-state index is 0.0113. The normalized spacial score (nSPS) is 14.9. The van der Waals surface area contributed by atoms with Gasteiger partial charge in [0, 0.05) is 11.9 Å². The zero-order chi connectivity index (χ0) is 25.0. The maximum absolute atomic E-state index is 14.9. The quantitative estimate of drug-likeness (QED) is 0.294. The van der Waals surface area contributed by atoms with Gasteiger partial charge in [-0.05, 0) is 43.0 Å². The van der Waals surface area contributed by atoms with Crippen molar-refractivity contribution in [1.82, 2.24) is 24.6 Å². The number of fused-ring (bicyclic) bond motifs is 3. The van der Waals surface area contributed by atoms with Crippen LogP contribution in [0.5, 0.6) is 0 Å². The van der Waals surface area contributed by atoms with Gasteiger partial charge in [-0.15, -0.1) is 10.2 Å². The molecule has 1 aliphatic carbocycles. The standard InChI is InChI=1S/C22H13F7N6/c23-14-1-2-15-17(18(14)26)19(32-20-33-31-11-35(15)20)34(10-16(24)25)13-4-8-30-12(9-13)3-5-21(6-7-21)22(27,28)29/h1-2,4,8-9,11,16H,6-7,10H2. The molecule has 1 aromatic carbocycles. The highest BCUT2D eigenvalue weighted by Gasteiger charge is 2.62. The summed E-state index contributed by atoms with van der Waals surface area (Å²) in [6.45, 7) is -0.994. The molecule has 0 spiro atoms. The summed E-state index contributed by atoms with van der Waals surface area (Å²) in [6.07, 6.45) is -5.35. The summed E-state index contributed by atoms with van der Waals surface area (Å²) in [7, 11) is 0. The molecule has 4 aromatic rings. The van der Waals surface area contributed by atoms with Gasteiger partial charge in [-0.25, -0.2) is 22.5 Å². The van der Waals surface area contributed by atoms with Crippen LogP contribution in [0.2, 0.25) is 0 Å². The Morgan fingerprint density at radius 1 is 1.14 bits per heavy atom. The Labute approximate surface area is 192 Å². The van der Waals surface area contributed by atoms with Crippen molar-refractivity contribution in [2.75, 3.05) is 11.4 Å². The van der Waals surface area contributed by atoms with Gasteiger partial charge >= 0.3 is 6.18 Å². The van der Waals surface area contributed by atoms with Crippen LogP contribution in [-0.4, -0.2) is 43.7 Å². The third-order valence-corrected chi connectivity index (χ3v) is 5.65. The van der Waals surface area contributed by atoms with E-state index in [2.05, 4.69) is 32.0 Å². The summed E-state index contributed by atoms with van der Waals surface area (Å²) >= 11 is 0. The van der Waals surface area contributed by atoms with Crippen LogP contribution in [0.4, 0.5) is 42.2 Å². The van der Waals surface area contributed by atoms with E-state index in [0.29, 0.717) is 0 Å². The molecule has 1 fully saturated rings. The fourth-order valence-corrected chi connectivity index (χ4v) is 3.67. The van der Waals surface area contributed by atoms with E-state index in [1.54, 1.807) is 0 Å². The van der Waals surface area contributed by atoms with Crippen LogP contribution in [0, 0.1) is 28.9 Å². The summed E-state index contributed by atoms with van der Waals surface area (Å²) in [5.41, 5.74) is -2.16. The van der Waals surface area contributed by atoms with Crippen molar-refractivity contribution < 1.29 is 30.7 Å². The van der Waals surface area contributed by atoms with Crippen molar-refractivity contribution in [1.29, 1.82) is 0 Å². The molecule has 0 bridgehead atoms. The van der Waals surface area contributed by atoms with Crippen LogP contribution in [0.25, 0.3) is 16.7 Å². The topological polar surface area (TPSA) is 59.2 Å². The SMILES string of the molecule is Fc1ccc2c(c(N(CC(F)F)c3ccnc(C#CC4(C(F)(F)F)CC4)c3)nc3nncn32)c1F. The van der Waals surface area contributed by atoms with Gasteiger partial charge in [0.15, 0.2) is 11.6 Å². The Bertz CT molecular complexity index is 1500. The van der Waals surface area contributed by atoms with Gasteiger partial charge in [0.05, 0.1) is 17.4 Å². The van der Waals surface area contributed by atoms with E-state index in [9.17, 15) is 30.7 Å². The second kappa shape index (κ2) is 8.07. The molecule has 0 unspecified atom stereocenters. The monoisotopic (exact) mass is 494 g/mol. The Kier molecular flexibility index (Phi) is 5.26. The van der Waals surface area contributed by atoms with E-state index in [1.807, 2.05) is 0 Å². The Morgan fingerprint density at radius 3 is 2.60 bits per heavy atom. The lowest BCUT2D eigenvalue weighted by Crippen LogP contribution is -2.26. The molecule has 3 heterocycles. The molecule has 1 aliphatic rings. The molecule has 5 rings (SSSR count). The lowest BCUT2D eigenvalue weighted by molar-refractivity contribution is -0.168. The predicted molar refractivity (Wildman–Crippen MR) is 110 cm³/mol. The zero-order valence-electron chi connectivity index (χ0n) is 17.5. The van der Waals surface area contributed by atoms with E-state index in [4.69, 9.17) is 0 Å². The molecular formula is C22H13F7N6. The maximum atomic E-state index is 14.9. The summed E-state index contributed by atoms with van der Waals surface area (Å²) in [4.78, 5) is 8.94. The van der Waals surface area contributed by atoms with E-state index < -0.39 is 41.6 Å². The highest BCUT2D eigenvalue weighted by atomic mass is 19.4. The number of benzene rings is 1. The van der Waals surface area contributed by atoms with Crippen molar-refractivity contribution in [3.8, 4) is 11.8 Å². The maximum Gasteiger partial charge on any atom is 0.405 e.